The Morgan fingerprint density at radius 1 is 0.955 bits per heavy atom. The highest BCUT2D eigenvalue weighted by Crippen LogP contribution is 2.73. The molecule has 0 atom stereocenters. The molecule has 22 heavy (non-hydrogen) atoms. The first-order chi connectivity index (χ1) is 10.4. The van der Waals surface area contributed by atoms with Gasteiger partial charge in [-0.05, 0) is 57.4 Å². The molecule has 3 rings (SSSR count). The number of hydrogen-bond acceptors (Lipinski definition) is 2. The zero-order valence-electron chi connectivity index (χ0n) is 14.0. The molecule has 1 aliphatic rings. The van der Waals surface area contributed by atoms with E-state index in [9.17, 15) is 0 Å². The normalized spacial score (nSPS) is 19.3. The Hall–Kier alpha value is -1.15. The van der Waals surface area contributed by atoms with Crippen molar-refractivity contribution in [2.75, 3.05) is 12.4 Å². The fourth-order valence-electron chi connectivity index (χ4n) is 3.80. The van der Waals surface area contributed by atoms with Gasteiger partial charge in [-0.2, -0.15) is 12.6 Å². The Morgan fingerprint density at radius 3 is 2.23 bits per heavy atom. The first-order valence-electron chi connectivity index (χ1n) is 8.15. The summed E-state index contributed by atoms with van der Waals surface area (Å²) in [7, 11) is 0. The Labute approximate surface area is 139 Å². The number of thiol groups is 1. The number of hydrogen-bond donors (Lipinski definition) is 1. The highest BCUT2D eigenvalue weighted by Gasteiger charge is 2.64. The Kier molecular flexibility index (Phi) is 3.92. The van der Waals surface area contributed by atoms with Crippen molar-refractivity contribution in [1.82, 2.24) is 0 Å². The summed E-state index contributed by atoms with van der Waals surface area (Å²) in [5, 5.41) is 2.56. The topological polar surface area (TPSA) is 9.23 Å². The molecular formula is C20H26OS. The lowest BCUT2D eigenvalue weighted by Gasteiger charge is -2.09. The van der Waals surface area contributed by atoms with E-state index in [-0.39, 0.29) is 0 Å². The van der Waals surface area contributed by atoms with E-state index in [1.165, 1.54) is 16.3 Å². The van der Waals surface area contributed by atoms with Crippen molar-refractivity contribution in [1.29, 1.82) is 0 Å². The van der Waals surface area contributed by atoms with Crippen molar-refractivity contribution < 1.29 is 4.74 Å². The third-order valence-corrected chi connectivity index (χ3v) is 6.08. The Bertz CT molecular complexity index is 673. The maximum atomic E-state index is 5.76. The van der Waals surface area contributed by atoms with Crippen molar-refractivity contribution in [2.24, 2.45) is 10.8 Å². The average molecular weight is 314 g/mol. The van der Waals surface area contributed by atoms with Crippen LogP contribution in [-0.2, 0) is 0 Å². The molecule has 2 aromatic carbocycles. The summed E-state index contributed by atoms with van der Waals surface area (Å²) < 4.78 is 5.76. The second-order valence-corrected chi connectivity index (χ2v) is 8.02. The van der Waals surface area contributed by atoms with Crippen molar-refractivity contribution in [3.8, 4) is 5.75 Å². The monoisotopic (exact) mass is 314 g/mol. The average Bonchev–Trinajstić information content (AvgIpc) is 2.88. The maximum Gasteiger partial charge on any atom is 0.119 e. The zero-order valence-corrected chi connectivity index (χ0v) is 14.9. The molecular weight excluding hydrogens is 288 g/mol. The van der Waals surface area contributed by atoms with Crippen LogP contribution in [0.4, 0.5) is 0 Å². The van der Waals surface area contributed by atoms with Gasteiger partial charge in [0.2, 0.25) is 0 Å². The molecule has 118 valence electrons. The Balaban J connectivity index is 1.85. The van der Waals surface area contributed by atoms with Gasteiger partial charge in [0.25, 0.3) is 0 Å². The van der Waals surface area contributed by atoms with Crippen LogP contribution in [0.15, 0.2) is 36.4 Å². The van der Waals surface area contributed by atoms with E-state index in [2.05, 4.69) is 76.7 Å². The molecule has 0 bridgehead atoms. The standard InChI is InChI=1S/C20H26OS/c1-19(2)18(20(19,3)4)16-7-6-15-13-17(21-10-5-11-22)9-8-14(15)12-16/h6-9,12-13,18,22H,5,10-11H2,1-4H3. The number of ether oxygens (including phenoxy) is 1. The molecule has 0 amide bonds. The first-order valence-corrected chi connectivity index (χ1v) is 8.78. The predicted molar refractivity (Wildman–Crippen MR) is 98.2 cm³/mol. The predicted octanol–water partition coefficient (Wildman–Crippen LogP) is 5.69. The highest BCUT2D eigenvalue weighted by molar-refractivity contribution is 7.80. The lowest BCUT2D eigenvalue weighted by atomic mass is 9.99. The van der Waals surface area contributed by atoms with E-state index >= 15 is 0 Å². The minimum absolute atomic E-state index is 0.386. The lowest BCUT2D eigenvalue weighted by Crippen LogP contribution is -1.97. The maximum absolute atomic E-state index is 5.76. The van der Waals surface area contributed by atoms with E-state index < -0.39 is 0 Å². The molecule has 0 spiro atoms. The van der Waals surface area contributed by atoms with Gasteiger partial charge in [0, 0.05) is 0 Å². The van der Waals surface area contributed by atoms with Crippen molar-refractivity contribution in [3.63, 3.8) is 0 Å². The van der Waals surface area contributed by atoms with E-state index in [4.69, 9.17) is 4.74 Å². The summed E-state index contributed by atoms with van der Waals surface area (Å²) >= 11 is 4.21. The van der Waals surface area contributed by atoms with E-state index in [0.29, 0.717) is 16.7 Å². The Morgan fingerprint density at radius 2 is 1.59 bits per heavy atom. The molecule has 0 radical (unpaired) electrons. The summed E-state index contributed by atoms with van der Waals surface area (Å²) in [6, 6.07) is 13.3. The van der Waals surface area contributed by atoms with Crippen LogP contribution < -0.4 is 4.74 Å². The second-order valence-electron chi connectivity index (χ2n) is 7.57. The summed E-state index contributed by atoms with van der Waals surface area (Å²) in [6.45, 7) is 10.2. The number of benzene rings is 2. The molecule has 1 fully saturated rings. The molecule has 0 aromatic heterocycles. The van der Waals surface area contributed by atoms with Gasteiger partial charge in [0.05, 0.1) is 6.61 Å². The van der Waals surface area contributed by atoms with Crippen LogP contribution in [0, 0.1) is 10.8 Å². The first kappa shape index (κ1) is 15.7. The molecule has 2 aromatic rings. The van der Waals surface area contributed by atoms with Gasteiger partial charge in [-0.25, -0.2) is 0 Å². The molecule has 1 aliphatic carbocycles. The van der Waals surface area contributed by atoms with Gasteiger partial charge in [0.1, 0.15) is 5.75 Å². The third kappa shape index (κ3) is 2.52. The van der Waals surface area contributed by atoms with Gasteiger partial charge >= 0.3 is 0 Å². The minimum Gasteiger partial charge on any atom is -0.494 e. The smallest absolute Gasteiger partial charge is 0.119 e. The van der Waals surface area contributed by atoms with Gasteiger partial charge in [-0.1, -0.05) is 52.0 Å². The molecule has 1 saturated carbocycles. The zero-order chi connectivity index (χ0) is 16.0. The quantitative estimate of drug-likeness (QED) is 0.551. The van der Waals surface area contributed by atoms with Crippen molar-refractivity contribution in [2.45, 2.75) is 40.0 Å². The third-order valence-electron chi connectivity index (χ3n) is 5.76. The van der Waals surface area contributed by atoms with Crippen LogP contribution in [0.2, 0.25) is 0 Å². The van der Waals surface area contributed by atoms with E-state index in [0.717, 1.165) is 24.5 Å². The van der Waals surface area contributed by atoms with E-state index in [1.807, 2.05) is 0 Å². The summed E-state index contributed by atoms with van der Waals surface area (Å²) in [6.07, 6.45) is 0.978. The molecule has 1 nitrogen and oxygen atoms in total. The van der Waals surface area contributed by atoms with Crippen LogP contribution in [0.25, 0.3) is 10.8 Å². The molecule has 0 saturated heterocycles. The molecule has 2 heteroatoms. The SMILES string of the molecule is CC1(C)C(c2ccc3cc(OCCCS)ccc3c2)C1(C)C. The number of rotatable bonds is 5. The highest BCUT2D eigenvalue weighted by atomic mass is 32.1. The van der Waals surface area contributed by atoms with Crippen molar-refractivity contribution in [3.05, 3.63) is 42.0 Å². The summed E-state index contributed by atoms with van der Waals surface area (Å²) in [4.78, 5) is 0. The van der Waals surface area contributed by atoms with Crippen LogP contribution in [0.1, 0.15) is 45.6 Å². The fraction of sp³-hybridized carbons (Fsp3) is 0.500. The number of fused-ring (bicyclic) bond motifs is 1. The molecule has 0 aliphatic heterocycles. The van der Waals surface area contributed by atoms with E-state index in [1.54, 1.807) is 0 Å². The summed E-state index contributed by atoms with van der Waals surface area (Å²) in [5.41, 5.74) is 2.24. The van der Waals surface area contributed by atoms with Gasteiger partial charge in [0.15, 0.2) is 0 Å². The van der Waals surface area contributed by atoms with Gasteiger partial charge < -0.3 is 4.74 Å². The fourth-order valence-corrected chi connectivity index (χ4v) is 3.93. The van der Waals surface area contributed by atoms with Crippen LogP contribution in [0.5, 0.6) is 5.75 Å². The second kappa shape index (κ2) is 5.49. The lowest BCUT2D eigenvalue weighted by molar-refractivity contribution is 0.319. The van der Waals surface area contributed by atoms with Crippen LogP contribution >= 0.6 is 12.6 Å². The molecule has 0 heterocycles. The largest absolute Gasteiger partial charge is 0.494 e. The van der Waals surface area contributed by atoms with Crippen LogP contribution in [-0.4, -0.2) is 12.4 Å². The van der Waals surface area contributed by atoms with Crippen LogP contribution in [0.3, 0.4) is 0 Å². The van der Waals surface area contributed by atoms with Gasteiger partial charge in [-0.3, -0.25) is 0 Å². The molecule has 0 N–H and O–H groups in total. The van der Waals surface area contributed by atoms with Crippen molar-refractivity contribution >= 4 is 23.4 Å². The van der Waals surface area contributed by atoms with Gasteiger partial charge in [-0.15, -0.1) is 0 Å². The summed E-state index contributed by atoms with van der Waals surface area (Å²) in [5.74, 6) is 2.47. The minimum atomic E-state index is 0.386. The molecule has 0 unspecified atom stereocenters.